The zero-order valence-corrected chi connectivity index (χ0v) is 15.5. The minimum Gasteiger partial charge on any atom is -0.373 e. The molecule has 4 unspecified atom stereocenters. The number of urea groups is 1. The summed E-state index contributed by atoms with van der Waals surface area (Å²) in [7, 11) is -3.37. The van der Waals surface area contributed by atoms with Crippen LogP contribution in [0, 0.1) is 0 Å². The number of piperidine rings is 1. The molecule has 3 heterocycles. The van der Waals surface area contributed by atoms with Crippen LogP contribution in [0.25, 0.3) is 0 Å². The molecule has 7 nitrogen and oxygen atoms in total. The van der Waals surface area contributed by atoms with Crippen LogP contribution < -0.4 is 10.0 Å². The van der Waals surface area contributed by atoms with Crippen molar-refractivity contribution in [2.75, 3.05) is 13.1 Å². The van der Waals surface area contributed by atoms with E-state index in [4.69, 9.17) is 4.74 Å². The lowest BCUT2D eigenvalue weighted by Crippen LogP contribution is -2.54. The maximum atomic E-state index is 12.7. The summed E-state index contributed by atoms with van der Waals surface area (Å²) in [4.78, 5) is 14.3. The van der Waals surface area contributed by atoms with Crippen molar-refractivity contribution < 1.29 is 17.9 Å². The molecule has 2 amide bonds. The van der Waals surface area contributed by atoms with Gasteiger partial charge in [0.2, 0.25) is 10.0 Å². The standard InChI is InChI=1S/C17H29N3O4S/c21-17(18-15-10-13-7-8-16(15)24-13)20-9-3-6-14(11-20)25(22,23)19-12-4-1-2-5-12/h12-16,19H,1-11H2,(H,18,21). The van der Waals surface area contributed by atoms with Crippen molar-refractivity contribution in [3.05, 3.63) is 0 Å². The number of carbonyl (C=O) groups is 1. The first-order valence-electron chi connectivity index (χ1n) is 9.73. The van der Waals surface area contributed by atoms with E-state index in [0.29, 0.717) is 19.1 Å². The van der Waals surface area contributed by atoms with Gasteiger partial charge in [-0.1, -0.05) is 12.8 Å². The largest absolute Gasteiger partial charge is 0.373 e. The number of hydrogen-bond acceptors (Lipinski definition) is 4. The lowest BCUT2D eigenvalue weighted by molar-refractivity contribution is 0.0967. The molecule has 8 heteroatoms. The fourth-order valence-corrected chi connectivity index (χ4v) is 6.53. The van der Waals surface area contributed by atoms with Crippen molar-refractivity contribution in [2.24, 2.45) is 0 Å². The highest BCUT2D eigenvalue weighted by molar-refractivity contribution is 7.90. The van der Waals surface area contributed by atoms with Crippen molar-refractivity contribution in [1.29, 1.82) is 0 Å². The Bertz CT molecular complexity index is 605. The molecule has 2 bridgehead atoms. The number of rotatable bonds is 4. The van der Waals surface area contributed by atoms with Gasteiger partial charge in [-0.15, -0.1) is 0 Å². The zero-order chi connectivity index (χ0) is 17.4. The predicted molar refractivity (Wildman–Crippen MR) is 93.7 cm³/mol. The second-order valence-corrected chi connectivity index (χ2v) is 10.0. The van der Waals surface area contributed by atoms with E-state index >= 15 is 0 Å². The number of carbonyl (C=O) groups excluding carboxylic acids is 1. The summed E-state index contributed by atoms with van der Waals surface area (Å²) in [6.07, 6.45) is 8.83. The van der Waals surface area contributed by atoms with Gasteiger partial charge in [-0.05, 0) is 44.9 Å². The number of nitrogens with zero attached hydrogens (tertiary/aromatic N) is 1. The first kappa shape index (κ1) is 17.5. The number of sulfonamides is 1. The predicted octanol–water partition coefficient (Wildman–Crippen LogP) is 1.34. The van der Waals surface area contributed by atoms with Crippen LogP contribution in [0.3, 0.4) is 0 Å². The smallest absolute Gasteiger partial charge is 0.317 e. The number of ether oxygens (including phenoxy) is 1. The minimum atomic E-state index is -3.37. The molecule has 4 aliphatic rings. The topological polar surface area (TPSA) is 87.7 Å². The summed E-state index contributed by atoms with van der Waals surface area (Å²) in [5, 5.41) is 2.58. The van der Waals surface area contributed by atoms with Gasteiger partial charge in [-0.3, -0.25) is 0 Å². The van der Waals surface area contributed by atoms with Gasteiger partial charge in [-0.25, -0.2) is 17.9 Å². The van der Waals surface area contributed by atoms with Crippen LogP contribution in [0.1, 0.15) is 57.8 Å². The monoisotopic (exact) mass is 371 g/mol. The number of nitrogens with one attached hydrogen (secondary N) is 2. The number of likely N-dealkylation sites (tertiary alicyclic amines) is 1. The van der Waals surface area contributed by atoms with E-state index in [1.165, 1.54) is 0 Å². The summed E-state index contributed by atoms with van der Waals surface area (Å²) in [5.41, 5.74) is 0. The SMILES string of the molecule is O=C(NC1CC2CCC1O2)N1CCCC(S(=O)(=O)NC2CCCC2)C1. The highest BCUT2D eigenvalue weighted by atomic mass is 32.2. The van der Waals surface area contributed by atoms with Crippen molar-refractivity contribution in [2.45, 2.75) is 87.3 Å². The molecule has 4 atom stereocenters. The molecule has 1 aliphatic carbocycles. The van der Waals surface area contributed by atoms with Gasteiger partial charge in [0, 0.05) is 19.1 Å². The maximum absolute atomic E-state index is 12.7. The molecule has 0 spiro atoms. The Morgan fingerprint density at radius 2 is 1.84 bits per heavy atom. The van der Waals surface area contributed by atoms with Gasteiger partial charge in [-0.2, -0.15) is 0 Å². The van der Waals surface area contributed by atoms with Crippen LogP contribution in [0.5, 0.6) is 0 Å². The molecule has 0 aromatic carbocycles. The second-order valence-electron chi connectivity index (χ2n) is 8.02. The van der Waals surface area contributed by atoms with Crippen molar-refractivity contribution in [3.63, 3.8) is 0 Å². The third kappa shape index (κ3) is 3.80. The van der Waals surface area contributed by atoms with E-state index in [9.17, 15) is 13.2 Å². The van der Waals surface area contributed by atoms with E-state index in [0.717, 1.165) is 51.4 Å². The average molecular weight is 372 g/mol. The van der Waals surface area contributed by atoms with E-state index < -0.39 is 15.3 Å². The van der Waals surface area contributed by atoms with Gasteiger partial charge in [0.05, 0.1) is 23.5 Å². The third-order valence-corrected chi connectivity index (χ3v) is 8.13. The Hall–Kier alpha value is -0.860. The molecule has 0 aromatic rings. The van der Waals surface area contributed by atoms with Gasteiger partial charge in [0.1, 0.15) is 0 Å². The third-order valence-electron chi connectivity index (χ3n) is 6.21. The number of hydrogen-bond donors (Lipinski definition) is 2. The first-order valence-corrected chi connectivity index (χ1v) is 11.3. The summed E-state index contributed by atoms with van der Waals surface area (Å²) < 4.78 is 34.0. The molecule has 4 rings (SSSR count). The lowest BCUT2D eigenvalue weighted by atomic mass is 9.96. The molecule has 1 saturated carbocycles. The highest BCUT2D eigenvalue weighted by Crippen LogP contribution is 2.34. The van der Waals surface area contributed by atoms with Crippen LogP contribution in [0.2, 0.25) is 0 Å². The fraction of sp³-hybridized carbons (Fsp3) is 0.941. The van der Waals surface area contributed by atoms with E-state index in [1.54, 1.807) is 4.90 Å². The van der Waals surface area contributed by atoms with Gasteiger partial charge < -0.3 is 15.0 Å². The Balaban J connectivity index is 1.33. The van der Waals surface area contributed by atoms with Gasteiger partial charge in [0.25, 0.3) is 0 Å². The van der Waals surface area contributed by atoms with Crippen molar-refractivity contribution in [1.82, 2.24) is 14.9 Å². The number of fused-ring (bicyclic) bond motifs is 2. The van der Waals surface area contributed by atoms with Crippen LogP contribution in [-0.4, -0.2) is 62.0 Å². The summed E-state index contributed by atoms with van der Waals surface area (Å²) in [6, 6.07) is 0.0298. The van der Waals surface area contributed by atoms with E-state index in [1.807, 2.05) is 0 Å². The molecule has 3 saturated heterocycles. The summed E-state index contributed by atoms with van der Waals surface area (Å²) in [5.74, 6) is 0. The molecular formula is C17H29N3O4S. The minimum absolute atomic E-state index is 0.0832. The summed E-state index contributed by atoms with van der Waals surface area (Å²) >= 11 is 0. The van der Waals surface area contributed by atoms with E-state index in [2.05, 4.69) is 10.0 Å². The van der Waals surface area contributed by atoms with Gasteiger partial charge in [0.15, 0.2) is 0 Å². The van der Waals surface area contributed by atoms with Crippen LogP contribution in [-0.2, 0) is 14.8 Å². The molecule has 0 aromatic heterocycles. The average Bonchev–Trinajstić information content (AvgIpc) is 3.33. The van der Waals surface area contributed by atoms with Crippen molar-refractivity contribution in [3.8, 4) is 0 Å². The fourth-order valence-electron chi connectivity index (χ4n) is 4.79. The Kier molecular flexibility index (Phi) is 4.94. The molecule has 142 valence electrons. The van der Waals surface area contributed by atoms with Crippen molar-refractivity contribution >= 4 is 16.1 Å². The maximum Gasteiger partial charge on any atom is 0.317 e. The van der Waals surface area contributed by atoms with Gasteiger partial charge >= 0.3 is 6.03 Å². The first-order chi connectivity index (χ1) is 12.0. The quantitative estimate of drug-likeness (QED) is 0.781. The molecular weight excluding hydrogens is 342 g/mol. The molecule has 4 fully saturated rings. The summed E-state index contributed by atoms with van der Waals surface area (Å²) in [6.45, 7) is 0.915. The Morgan fingerprint density at radius 3 is 2.52 bits per heavy atom. The molecule has 3 aliphatic heterocycles. The number of amides is 2. The van der Waals surface area contributed by atoms with Crippen LogP contribution in [0.4, 0.5) is 4.79 Å². The zero-order valence-electron chi connectivity index (χ0n) is 14.7. The molecule has 0 radical (unpaired) electrons. The second kappa shape index (κ2) is 7.04. The normalized spacial score (nSPS) is 36.1. The molecule has 25 heavy (non-hydrogen) atoms. The Labute approximate surface area is 149 Å². The Morgan fingerprint density at radius 1 is 1.04 bits per heavy atom. The lowest BCUT2D eigenvalue weighted by Gasteiger charge is -2.34. The van der Waals surface area contributed by atoms with Crippen LogP contribution in [0.15, 0.2) is 0 Å². The van der Waals surface area contributed by atoms with E-state index in [-0.39, 0.29) is 30.8 Å². The highest BCUT2D eigenvalue weighted by Gasteiger charge is 2.42. The van der Waals surface area contributed by atoms with Crippen LogP contribution >= 0.6 is 0 Å². The molecule has 2 N–H and O–H groups in total.